The highest BCUT2D eigenvalue weighted by molar-refractivity contribution is 7.73. The van der Waals surface area contributed by atoms with Gasteiger partial charge in [0.2, 0.25) is 5.91 Å². The van der Waals surface area contributed by atoms with Gasteiger partial charge in [0.25, 0.3) is 0 Å². The van der Waals surface area contributed by atoms with Crippen molar-refractivity contribution in [2.75, 3.05) is 6.54 Å². The van der Waals surface area contributed by atoms with Gasteiger partial charge in [-0.05, 0) is 50.9 Å². The molecule has 3 nitrogen and oxygen atoms in total. The molecule has 1 fully saturated rings. The fourth-order valence-corrected chi connectivity index (χ4v) is 4.20. The fourth-order valence-electron chi connectivity index (χ4n) is 3.12. The van der Waals surface area contributed by atoms with Crippen LogP contribution in [-0.4, -0.2) is 28.0 Å². The molecule has 1 atom stereocenters. The second-order valence-electron chi connectivity index (χ2n) is 6.27. The molecular weight excluding hydrogens is 324 g/mol. The smallest absolute Gasteiger partial charge is 0.242 e. The molecule has 122 valence electrons. The lowest BCUT2D eigenvalue weighted by Crippen LogP contribution is -2.43. The number of benzene rings is 1. The Morgan fingerprint density at radius 3 is 2.74 bits per heavy atom. The zero-order chi connectivity index (χ0) is 16.4. The zero-order valence-corrected chi connectivity index (χ0v) is 15.3. The zero-order valence-electron chi connectivity index (χ0n) is 13.6. The van der Waals surface area contributed by atoms with Crippen LogP contribution in [0, 0.1) is 10.9 Å². The maximum atomic E-state index is 12.7. The van der Waals surface area contributed by atoms with Gasteiger partial charge in [-0.15, -0.1) is 11.3 Å². The van der Waals surface area contributed by atoms with Crippen molar-refractivity contribution in [1.29, 1.82) is 0 Å². The van der Waals surface area contributed by atoms with Crippen LogP contribution in [0.4, 0.5) is 0 Å². The molecule has 0 aliphatic carbocycles. The van der Waals surface area contributed by atoms with Gasteiger partial charge in [0, 0.05) is 18.0 Å². The van der Waals surface area contributed by atoms with E-state index in [1.165, 1.54) is 23.3 Å². The summed E-state index contributed by atoms with van der Waals surface area (Å²) in [6.45, 7) is 5.43. The van der Waals surface area contributed by atoms with Crippen LogP contribution >= 0.6 is 23.6 Å². The molecule has 1 aromatic carbocycles. The van der Waals surface area contributed by atoms with Crippen LogP contribution in [0.3, 0.4) is 0 Å². The molecular formula is C18H22N2OS2. The number of rotatable bonds is 3. The number of hydrogen-bond acceptors (Lipinski definition) is 3. The molecule has 2 heterocycles. The largest absolute Gasteiger partial charge is 0.338 e. The highest BCUT2D eigenvalue weighted by Gasteiger charge is 2.24. The van der Waals surface area contributed by atoms with Gasteiger partial charge in [0.05, 0.1) is 5.69 Å². The Kier molecular flexibility index (Phi) is 4.97. The summed E-state index contributed by atoms with van der Waals surface area (Å²) in [4.78, 5) is 14.7. The molecule has 23 heavy (non-hydrogen) atoms. The summed E-state index contributed by atoms with van der Waals surface area (Å²) in [5.74, 6) is 0.181. The quantitative estimate of drug-likeness (QED) is 0.756. The lowest BCUT2D eigenvalue weighted by atomic mass is 10.0. The van der Waals surface area contributed by atoms with E-state index in [1.54, 1.807) is 0 Å². The minimum Gasteiger partial charge on any atom is -0.338 e. The lowest BCUT2D eigenvalue weighted by molar-refractivity contribution is -0.135. The number of nitrogens with zero attached hydrogens (tertiary/aromatic N) is 2. The first-order valence-corrected chi connectivity index (χ1v) is 9.40. The van der Waals surface area contributed by atoms with Gasteiger partial charge >= 0.3 is 0 Å². The summed E-state index contributed by atoms with van der Waals surface area (Å²) in [5, 5.41) is 2.06. The molecule has 1 amide bonds. The van der Waals surface area contributed by atoms with E-state index < -0.39 is 0 Å². The fraction of sp³-hybridized carbons (Fsp3) is 0.444. The summed E-state index contributed by atoms with van der Waals surface area (Å²) in [5.41, 5.74) is 3.38. The molecule has 2 aromatic rings. The SMILES string of the molecule is Cc1ccc(-c2csc(=S)n2CC(=O)N2CCCCC2C)cc1. The number of hydrogen-bond donors (Lipinski definition) is 0. The number of aryl methyl sites for hydroxylation is 1. The van der Waals surface area contributed by atoms with Gasteiger partial charge in [-0.1, -0.05) is 29.8 Å². The second kappa shape index (κ2) is 6.97. The molecule has 1 unspecified atom stereocenters. The third-order valence-corrected chi connectivity index (χ3v) is 5.82. The molecule has 1 aliphatic rings. The van der Waals surface area contributed by atoms with Gasteiger partial charge in [-0.25, -0.2) is 0 Å². The van der Waals surface area contributed by atoms with Crippen LogP contribution in [0.25, 0.3) is 11.3 Å². The normalized spacial score (nSPS) is 18.2. The molecule has 0 N–H and O–H groups in total. The van der Waals surface area contributed by atoms with Crippen LogP contribution < -0.4 is 0 Å². The van der Waals surface area contributed by atoms with E-state index in [-0.39, 0.29) is 5.91 Å². The van der Waals surface area contributed by atoms with Crippen molar-refractivity contribution in [3.8, 4) is 11.3 Å². The number of likely N-dealkylation sites (tertiary alicyclic amines) is 1. The number of amides is 1. The van der Waals surface area contributed by atoms with Crippen LogP contribution in [0.5, 0.6) is 0 Å². The highest BCUT2D eigenvalue weighted by atomic mass is 32.1. The van der Waals surface area contributed by atoms with Crippen LogP contribution in [-0.2, 0) is 11.3 Å². The summed E-state index contributed by atoms with van der Waals surface area (Å²) < 4.78 is 2.74. The van der Waals surface area contributed by atoms with E-state index in [9.17, 15) is 4.79 Å². The molecule has 3 rings (SSSR count). The summed E-state index contributed by atoms with van der Waals surface area (Å²) in [7, 11) is 0. The van der Waals surface area contributed by atoms with E-state index >= 15 is 0 Å². The highest BCUT2D eigenvalue weighted by Crippen LogP contribution is 2.25. The molecule has 1 aliphatic heterocycles. The minimum atomic E-state index is 0.181. The van der Waals surface area contributed by atoms with Crippen LogP contribution in [0.1, 0.15) is 31.7 Å². The first-order chi connectivity index (χ1) is 11.1. The van der Waals surface area contributed by atoms with E-state index in [4.69, 9.17) is 12.2 Å². The van der Waals surface area contributed by atoms with Crippen molar-refractivity contribution >= 4 is 29.5 Å². The molecule has 0 bridgehead atoms. The second-order valence-corrected chi connectivity index (χ2v) is 7.77. The van der Waals surface area contributed by atoms with Crippen molar-refractivity contribution in [2.24, 2.45) is 0 Å². The van der Waals surface area contributed by atoms with E-state index in [0.29, 0.717) is 12.6 Å². The monoisotopic (exact) mass is 346 g/mol. The minimum absolute atomic E-state index is 0.181. The van der Waals surface area contributed by atoms with Gasteiger partial charge in [-0.3, -0.25) is 4.79 Å². The van der Waals surface area contributed by atoms with Gasteiger partial charge in [-0.2, -0.15) is 0 Å². The molecule has 1 saturated heterocycles. The third kappa shape index (κ3) is 3.56. The predicted octanol–water partition coefficient (Wildman–Crippen LogP) is 4.66. The van der Waals surface area contributed by atoms with Gasteiger partial charge < -0.3 is 9.47 Å². The van der Waals surface area contributed by atoms with Gasteiger partial charge in [0.1, 0.15) is 6.54 Å². The maximum Gasteiger partial charge on any atom is 0.242 e. The summed E-state index contributed by atoms with van der Waals surface area (Å²) >= 11 is 6.99. The molecule has 5 heteroatoms. The Bertz CT molecular complexity index is 745. The predicted molar refractivity (Wildman–Crippen MR) is 98.3 cm³/mol. The van der Waals surface area contributed by atoms with Crippen LogP contribution in [0.2, 0.25) is 0 Å². The number of thiazole rings is 1. The number of carbonyl (C=O) groups is 1. The van der Waals surface area contributed by atoms with Crippen molar-refractivity contribution < 1.29 is 4.79 Å². The molecule has 0 saturated carbocycles. The lowest BCUT2D eigenvalue weighted by Gasteiger charge is -2.33. The van der Waals surface area contributed by atoms with Crippen molar-refractivity contribution in [1.82, 2.24) is 9.47 Å². The first-order valence-electron chi connectivity index (χ1n) is 8.11. The average Bonchev–Trinajstić information content (AvgIpc) is 2.89. The number of carbonyl (C=O) groups excluding carboxylic acids is 1. The molecule has 0 spiro atoms. The third-order valence-electron chi connectivity index (χ3n) is 4.55. The Labute approximate surface area is 146 Å². The Morgan fingerprint density at radius 2 is 2.04 bits per heavy atom. The van der Waals surface area contributed by atoms with Gasteiger partial charge in [0.15, 0.2) is 3.95 Å². The van der Waals surface area contributed by atoms with Crippen molar-refractivity contribution in [3.63, 3.8) is 0 Å². The molecule has 0 radical (unpaired) electrons. The van der Waals surface area contributed by atoms with Crippen molar-refractivity contribution in [2.45, 2.75) is 45.7 Å². The number of piperidine rings is 1. The standard InChI is InChI=1S/C18H22N2OS2/c1-13-6-8-15(9-7-13)16-12-23-18(22)20(16)11-17(21)19-10-4-3-5-14(19)2/h6-9,12,14H,3-5,10-11H2,1-2H3. The topological polar surface area (TPSA) is 25.2 Å². The van der Waals surface area contributed by atoms with Crippen molar-refractivity contribution in [3.05, 3.63) is 39.2 Å². The van der Waals surface area contributed by atoms with Crippen LogP contribution in [0.15, 0.2) is 29.6 Å². The summed E-state index contributed by atoms with van der Waals surface area (Å²) in [6, 6.07) is 8.71. The Balaban J connectivity index is 1.85. The molecule has 1 aromatic heterocycles. The summed E-state index contributed by atoms with van der Waals surface area (Å²) in [6.07, 6.45) is 3.43. The first kappa shape index (κ1) is 16.4. The average molecular weight is 347 g/mol. The van der Waals surface area contributed by atoms with E-state index in [0.717, 1.165) is 34.6 Å². The Morgan fingerprint density at radius 1 is 1.30 bits per heavy atom. The Hall–Kier alpha value is -1.46. The van der Waals surface area contributed by atoms with E-state index in [2.05, 4.69) is 43.5 Å². The maximum absolute atomic E-state index is 12.7. The van der Waals surface area contributed by atoms with E-state index in [1.807, 2.05) is 9.47 Å². The number of aromatic nitrogens is 1.